The molecule has 0 unspecified atom stereocenters. The molecule has 0 saturated heterocycles. The van der Waals surface area contributed by atoms with Crippen molar-refractivity contribution in [2.24, 2.45) is 4.99 Å². The van der Waals surface area contributed by atoms with Gasteiger partial charge in [-0.15, -0.1) is 34.2 Å². The lowest BCUT2D eigenvalue weighted by Crippen LogP contribution is -2.39. The van der Waals surface area contributed by atoms with Crippen LogP contribution in [-0.2, 0) is 12.0 Å². The molecule has 0 amide bonds. The number of fused-ring (bicyclic) bond motifs is 1. The number of ether oxygens (including phenoxy) is 1. The highest BCUT2D eigenvalue weighted by Gasteiger charge is 2.18. The topological polar surface area (TPSA) is 75.8 Å². The molecule has 2 N–H and O–H groups in total. The van der Waals surface area contributed by atoms with Gasteiger partial charge in [-0.1, -0.05) is 45.0 Å². The van der Waals surface area contributed by atoms with Crippen LogP contribution < -0.4 is 15.4 Å². The summed E-state index contributed by atoms with van der Waals surface area (Å²) in [7, 11) is 0. The number of hydrogen-bond acceptors (Lipinski definition) is 4. The SMILES string of the molecule is CCNC(=NCc1nnc2ccccn12)NCCOc1ccccc1C(C)(C)C.I. The average Bonchev–Trinajstić information content (AvgIpc) is 3.12. The monoisotopic (exact) mass is 522 g/mol. The van der Waals surface area contributed by atoms with Crippen LogP contribution in [0, 0.1) is 0 Å². The van der Waals surface area contributed by atoms with Crippen molar-refractivity contribution in [1.82, 2.24) is 25.2 Å². The summed E-state index contributed by atoms with van der Waals surface area (Å²) in [5, 5.41) is 15.0. The van der Waals surface area contributed by atoms with Gasteiger partial charge >= 0.3 is 0 Å². The van der Waals surface area contributed by atoms with Gasteiger partial charge in [0.05, 0.1) is 6.54 Å². The van der Waals surface area contributed by atoms with Gasteiger partial charge < -0.3 is 15.4 Å². The van der Waals surface area contributed by atoms with E-state index in [1.165, 1.54) is 5.56 Å². The van der Waals surface area contributed by atoms with E-state index in [2.05, 4.69) is 58.7 Å². The quantitative estimate of drug-likeness (QED) is 0.214. The Morgan fingerprint density at radius 2 is 1.83 bits per heavy atom. The van der Waals surface area contributed by atoms with Crippen LogP contribution in [0.2, 0.25) is 0 Å². The van der Waals surface area contributed by atoms with Gasteiger partial charge in [0.1, 0.15) is 18.9 Å². The molecule has 0 saturated carbocycles. The highest BCUT2D eigenvalue weighted by molar-refractivity contribution is 14.0. The molecule has 7 nitrogen and oxygen atoms in total. The molecule has 3 aromatic rings. The highest BCUT2D eigenvalue weighted by atomic mass is 127. The van der Waals surface area contributed by atoms with Crippen LogP contribution in [0.25, 0.3) is 5.65 Å². The van der Waals surface area contributed by atoms with Crippen molar-refractivity contribution in [3.63, 3.8) is 0 Å². The molecule has 0 atom stereocenters. The lowest BCUT2D eigenvalue weighted by molar-refractivity contribution is 0.313. The number of benzene rings is 1. The Bertz CT molecular complexity index is 963. The molecule has 2 heterocycles. The fourth-order valence-electron chi connectivity index (χ4n) is 3.03. The lowest BCUT2D eigenvalue weighted by Gasteiger charge is -2.22. The zero-order valence-electron chi connectivity index (χ0n) is 18.1. The summed E-state index contributed by atoms with van der Waals surface area (Å²) >= 11 is 0. The number of aromatic nitrogens is 3. The molecule has 0 radical (unpaired) electrons. The van der Waals surface area contributed by atoms with Crippen LogP contribution in [0.1, 0.15) is 39.1 Å². The molecular formula is C22H31IN6O. The highest BCUT2D eigenvalue weighted by Crippen LogP contribution is 2.30. The first kappa shape index (κ1) is 23.9. The molecule has 0 spiro atoms. The second-order valence-electron chi connectivity index (χ2n) is 7.76. The van der Waals surface area contributed by atoms with Crippen LogP contribution in [0.4, 0.5) is 0 Å². The van der Waals surface area contributed by atoms with Crippen molar-refractivity contribution >= 4 is 35.6 Å². The van der Waals surface area contributed by atoms with Crippen molar-refractivity contribution in [2.45, 2.75) is 39.7 Å². The minimum absolute atomic E-state index is 0. The lowest BCUT2D eigenvalue weighted by atomic mass is 9.86. The van der Waals surface area contributed by atoms with Crippen molar-refractivity contribution in [3.05, 3.63) is 60.0 Å². The average molecular weight is 522 g/mol. The standard InChI is InChI=1S/C22H30N6O.HI/c1-5-23-21(25-16-20-27-26-19-12-8-9-14-28(19)20)24-13-15-29-18-11-7-6-10-17(18)22(2,3)4;/h6-12,14H,5,13,15-16H2,1-4H3,(H2,23,24,25);1H. The van der Waals surface area contributed by atoms with Gasteiger partial charge in [-0.3, -0.25) is 4.40 Å². The number of aliphatic imine (C=N–C) groups is 1. The molecule has 3 rings (SSSR count). The summed E-state index contributed by atoms with van der Waals surface area (Å²) in [5.74, 6) is 2.46. The van der Waals surface area contributed by atoms with E-state index in [0.29, 0.717) is 19.7 Å². The molecular weight excluding hydrogens is 491 g/mol. The normalized spacial score (nSPS) is 11.8. The van der Waals surface area contributed by atoms with Crippen molar-refractivity contribution < 1.29 is 4.74 Å². The zero-order chi connectivity index (χ0) is 20.7. The maximum Gasteiger partial charge on any atom is 0.191 e. The molecule has 8 heteroatoms. The summed E-state index contributed by atoms with van der Waals surface area (Å²) in [4.78, 5) is 4.62. The Hall–Kier alpha value is -2.36. The molecule has 0 fully saturated rings. The second-order valence-corrected chi connectivity index (χ2v) is 7.76. The predicted octanol–water partition coefficient (Wildman–Crippen LogP) is 3.78. The number of hydrogen-bond donors (Lipinski definition) is 2. The fraction of sp³-hybridized carbons (Fsp3) is 0.409. The molecule has 0 bridgehead atoms. The minimum atomic E-state index is 0. The van der Waals surface area contributed by atoms with Crippen LogP contribution in [-0.4, -0.2) is 40.3 Å². The third kappa shape index (κ3) is 6.32. The van der Waals surface area contributed by atoms with Crippen LogP contribution >= 0.6 is 24.0 Å². The van der Waals surface area contributed by atoms with Gasteiger partial charge in [0.15, 0.2) is 17.4 Å². The molecule has 0 aliphatic rings. The van der Waals surface area contributed by atoms with Crippen molar-refractivity contribution in [1.29, 1.82) is 0 Å². The number of nitrogens with zero attached hydrogens (tertiary/aromatic N) is 4. The van der Waals surface area contributed by atoms with E-state index in [1.54, 1.807) is 0 Å². The van der Waals surface area contributed by atoms with E-state index in [-0.39, 0.29) is 29.4 Å². The first-order valence-corrected chi connectivity index (χ1v) is 10.0. The first-order valence-electron chi connectivity index (χ1n) is 10.0. The van der Waals surface area contributed by atoms with Gasteiger partial charge in [-0.2, -0.15) is 0 Å². The third-order valence-electron chi connectivity index (χ3n) is 4.45. The Labute approximate surface area is 195 Å². The van der Waals surface area contributed by atoms with Crippen molar-refractivity contribution in [3.8, 4) is 5.75 Å². The molecule has 1 aromatic carbocycles. The number of nitrogens with one attached hydrogen (secondary N) is 2. The van der Waals surface area contributed by atoms with Gasteiger partial charge in [0.2, 0.25) is 0 Å². The van der Waals surface area contributed by atoms with Gasteiger partial charge in [0.25, 0.3) is 0 Å². The first-order chi connectivity index (χ1) is 14.0. The maximum atomic E-state index is 6.03. The van der Waals surface area contributed by atoms with E-state index in [0.717, 1.165) is 29.7 Å². The molecule has 162 valence electrons. The molecule has 0 aliphatic heterocycles. The maximum absolute atomic E-state index is 6.03. The summed E-state index contributed by atoms with van der Waals surface area (Å²) in [6.07, 6.45) is 1.95. The number of rotatable bonds is 7. The summed E-state index contributed by atoms with van der Waals surface area (Å²) in [6.45, 7) is 11.0. The van der Waals surface area contributed by atoms with E-state index >= 15 is 0 Å². The largest absolute Gasteiger partial charge is 0.491 e. The van der Waals surface area contributed by atoms with E-state index in [1.807, 2.05) is 47.9 Å². The number of halogens is 1. The van der Waals surface area contributed by atoms with Crippen LogP contribution in [0.5, 0.6) is 5.75 Å². The fourth-order valence-corrected chi connectivity index (χ4v) is 3.03. The van der Waals surface area contributed by atoms with E-state index < -0.39 is 0 Å². The second kappa shape index (κ2) is 11.1. The Balaban J connectivity index is 0.00000320. The Morgan fingerprint density at radius 1 is 1.07 bits per heavy atom. The third-order valence-corrected chi connectivity index (χ3v) is 4.45. The number of para-hydroxylation sites is 1. The van der Waals surface area contributed by atoms with E-state index in [4.69, 9.17) is 4.74 Å². The number of guanidine groups is 1. The summed E-state index contributed by atoms with van der Waals surface area (Å²) in [6, 6.07) is 14.0. The van der Waals surface area contributed by atoms with Crippen molar-refractivity contribution in [2.75, 3.05) is 19.7 Å². The molecule has 2 aromatic heterocycles. The van der Waals surface area contributed by atoms with Crippen LogP contribution in [0.3, 0.4) is 0 Å². The molecule has 0 aliphatic carbocycles. The van der Waals surface area contributed by atoms with Crippen LogP contribution in [0.15, 0.2) is 53.7 Å². The Kier molecular flexibility index (Phi) is 8.88. The smallest absolute Gasteiger partial charge is 0.191 e. The summed E-state index contributed by atoms with van der Waals surface area (Å²) in [5.41, 5.74) is 2.07. The van der Waals surface area contributed by atoms with Gasteiger partial charge in [-0.05, 0) is 36.1 Å². The molecule has 30 heavy (non-hydrogen) atoms. The number of pyridine rings is 1. The van der Waals surface area contributed by atoms with Gasteiger partial charge in [0, 0.05) is 12.7 Å². The Morgan fingerprint density at radius 3 is 2.60 bits per heavy atom. The zero-order valence-corrected chi connectivity index (χ0v) is 20.4. The van der Waals surface area contributed by atoms with E-state index in [9.17, 15) is 0 Å². The van der Waals surface area contributed by atoms with Gasteiger partial charge in [-0.25, -0.2) is 4.99 Å². The summed E-state index contributed by atoms with van der Waals surface area (Å²) < 4.78 is 7.97. The predicted molar refractivity (Wildman–Crippen MR) is 132 cm³/mol. The minimum Gasteiger partial charge on any atom is -0.491 e.